The number of carbonyl (C=O) groups excluding carboxylic acids is 1. The summed E-state index contributed by atoms with van der Waals surface area (Å²) < 4.78 is 4.88. The molecule has 0 saturated carbocycles. The molecule has 0 aliphatic carbocycles. The van der Waals surface area contributed by atoms with Gasteiger partial charge in [0.2, 0.25) is 0 Å². The monoisotopic (exact) mass is 261 g/mol. The Bertz CT molecular complexity index is 345. The van der Waals surface area contributed by atoms with E-state index in [1.54, 1.807) is 0 Å². The first-order chi connectivity index (χ1) is 8.51. The van der Waals surface area contributed by atoms with Crippen molar-refractivity contribution in [1.29, 1.82) is 0 Å². The van der Waals surface area contributed by atoms with Crippen molar-refractivity contribution in [2.45, 2.75) is 31.0 Å². The van der Waals surface area contributed by atoms with Crippen LogP contribution in [0, 0.1) is 5.92 Å². The number of hydrogen-bond acceptors (Lipinski definition) is 7. The maximum Gasteiger partial charge on any atom is 0.160 e. The van der Waals surface area contributed by atoms with Crippen LogP contribution in [-0.4, -0.2) is 64.0 Å². The van der Waals surface area contributed by atoms with E-state index in [-0.39, 0.29) is 6.42 Å². The van der Waals surface area contributed by atoms with Gasteiger partial charge < -0.3 is 25.2 Å². The summed E-state index contributed by atoms with van der Waals surface area (Å²) in [5.74, 6) is -1.52. The minimum Gasteiger partial charge on any atom is -0.394 e. The first-order valence-corrected chi connectivity index (χ1v) is 5.34. The van der Waals surface area contributed by atoms with Crippen molar-refractivity contribution in [1.82, 2.24) is 0 Å². The third-order valence-electron chi connectivity index (χ3n) is 2.80. The third-order valence-corrected chi connectivity index (χ3v) is 2.80. The quantitative estimate of drug-likeness (QED) is 0.262. The molecule has 3 unspecified atom stereocenters. The Balaban J connectivity index is 2.64. The number of rotatable bonds is 5. The molecule has 9 nitrogen and oxygen atoms in total. The Morgan fingerprint density at radius 1 is 1.33 bits per heavy atom. The number of ketones is 1. The lowest BCUT2D eigenvalue weighted by molar-refractivity contribution is -0.269. The van der Waals surface area contributed by atoms with E-state index in [0.717, 1.165) is 0 Å². The molecule has 18 heavy (non-hydrogen) atoms. The van der Waals surface area contributed by atoms with Crippen LogP contribution in [0.5, 0.6) is 0 Å². The van der Waals surface area contributed by atoms with Gasteiger partial charge in [-0.3, -0.25) is 4.79 Å². The van der Waals surface area contributed by atoms with E-state index in [2.05, 4.69) is 10.0 Å². The Morgan fingerprint density at radius 2 is 2.00 bits per heavy atom. The molecular weight excluding hydrogens is 246 g/mol. The zero-order valence-electron chi connectivity index (χ0n) is 9.46. The lowest BCUT2D eigenvalue weighted by Gasteiger charge is -2.39. The summed E-state index contributed by atoms with van der Waals surface area (Å²) in [7, 11) is 0. The maximum absolute atomic E-state index is 11.3. The molecule has 1 heterocycles. The lowest BCUT2D eigenvalue weighted by Crippen LogP contribution is -2.56. The third kappa shape index (κ3) is 3.39. The van der Waals surface area contributed by atoms with Gasteiger partial charge in [-0.25, -0.2) is 0 Å². The van der Waals surface area contributed by atoms with Gasteiger partial charge in [-0.15, -0.1) is 0 Å². The Hall–Kier alpha value is -1.22. The number of Topliss-reactive ketones (excluding diaryl/α,β-unsaturated/α-hetero) is 1. The summed E-state index contributed by atoms with van der Waals surface area (Å²) in [5, 5.41) is 40.8. The molecule has 1 aliphatic heterocycles. The molecule has 4 N–H and O–H groups in total. The molecule has 5 atom stereocenters. The molecule has 1 aliphatic rings. The predicted molar refractivity (Wildman–Crippen MR) is 57.1 cm³/mol. The van der Waals surface area contributed by atoms with E-state index < -0.39 is 49.5 Å². The van der Waals surface area contributed by atoms with Crippen molar-refractivity contribution in [3.8, 4) is 0 Å². The van der Waals surface area contributed by atoms with Crippen molar-refractivity contribution in [2.75, 3.05) is 13.2 Å². The van der Waals surface area contributed by atoms with Crippen molar-refractivity contribution >= 4 is 5.78 Å². The van der Waals surface area contributed by atoms with Crippen LogP contribution in [-0.2, 0) is 9.53 Å². The molecule has 0 radical (unpaired) electrons. The van der Waals surface area contributed by atoms with Gasteiger partial charge in [-0.05, 0) is 5.53 Å². The number of azide groups is 1. The summed E-state index contributed by atoms with van der Waals surface area (Å²) in [6, 6.07) is 0. The van der Waals surface area contributed by atoms with E-state index >= 15 is 0 Å². The fourth-order valence-corrected chi connectivity index (χ4v) is 1.81. The SMILES string of the molecule is [N-]=[N+]=NCC(=O)CC1C(O)OC(CO)[C@H](O)[C@@H]1O. The smallest absolute Gasteiger partial charge is 0.160 e. The standard InChI is InChI=1S/C9H15N3O6/c10-12-11-2-4(14)1-5-7(15)8(16)6(3-13)18-9(5)17/h5-9,13,15-17H,1-3H2/t5?,6?,7-,8+,9?/m1/s1. The highest BCUT2D eigenvalue weighted by Gasteiger charge is 2.43. The van der Waals surface area contributed by atoms with Crippen LogP contribution in [0.25, 0.3) is 10.4 Å². The second-order valence-electron chi connectivity index (χ2n) is 4.02. The highest BCUT2D eigenvalue weighted by Crippen LogP contribution is 2.27. The van der Waals surface area contributed by atoms with Gasteiger partial charge in [0.25, 0.3) is 0 Å². The number of hydrogen-bond donors (Lipinski definition) is 4. The average Bonchev–Trinajstić information content (AvgIpc) is 2.36. The summed E-state index contributed by atoms with van der Waals surface area (Å²) in [6.45, 7) is -0.958. The van der Waals surface area contributed by atoms with E-state index in [9.17, 15) is 20.1 Å². The topological polar surface area (TPSA) is 156 Å². The van der Waals surface area contributed by atoms with E-state index in [4.69, 9.17) is 15.4 Å². The first-order valence-electron chi connectivity index (χ1n) is 5.34. The Kier molecular flexibility index (Phi) is 5.48. The zero-order valence-corrected chi connectivity index (χ0v) is 9.46. The summed E-state index contributed by atoms with van der Waals surface area (Å²) in [4.78, 5) is 13.8. The van der Waals surface area contributed by atoms with E-state index in [0.29, 0.717) is 0 Å². The molecule has 0 aromatic rings. The van der Waals surface area contributed by atoms with Gasteiger partial charge in [-0.1, -0.05) is 5.11 Å². The predicted octanol–water partition coefficient (Wildman–Crippen LogP) is -1.70. The van der Waals surface area contributed by atoms with Crippen LogP contribution in [0.3, 0.4) is 0 Å². The van der Waals surface area contributed by atoms with Crippen LogP contribution in [0.4, 0.5) is 0 Å². The molecule has 0 aromatic carbocycles. The lowest BCUT2D eigenvalue weighted by atomic mass is 9.87. The Labute approximate surface area is 102 Å². The molecule has 1 saturated heterocycles. The molecule has 0 aromatic heterocycles. The van der Waals surface area contributed by atoms with Gasteiger partial charge in [0, 0.05) is 17.3 Å². The molecule has 102 valence electrons. The maximum atomic E-state index is 11.3. The van der Waals surface area contributed by atoms with Gasteiger partial charge in [0.15, 0.2) is 6.29 Å². The highest BCUT2D eigenvalue weighted by atomic mass is 16.6. The van der Waals surface area contributed by atoms with Gasteiger partial charge >= 0.3 is 0 Å². The van der Waals surface area contributed by atoms with Crippen molar-refractivity contribution in [3.63, 3.8) is 0 Å². The van der Waals surface area contributed by atoms with Crippen LogP contribution in [0.1, 0.15) is 6.42 Å². The van der Waals surface area contributed by atoms with Crippen molar-refractivity contribution < 1.29 is 30.0 Å². The highest BCUT2D eigenvalue weighted by molar-refractivity contribution is 5.80. The number of aliphatic hydroxyl groups is 4. The normalized spacial score (nSPS) is 35.9. The molecule has 0 amide bonds. The number of carbonyl (C=O) groups is 1. The molecule has 9 heteroatoms. The van der Waals surface area contributed by atoms with Crippen LogP contribution >= 0.6 is 0 Å². The zero-order chi connectivity index (χ0) is 13.7. The average molecular weight is 261 g/mol. The summed E-state index contributed by atoms with van der Waals surface area (Å²) >= 11 is 0. The van der Waals surface area contributed by atoms with Crippen LogP contribution in [0.2, 0.25) is 0 Å². The van der Waals surface area contributed by atoms with Crippen molar-refractivity contribution in [3.05, 3.63) is 10.4 Å². The second-order valence-corrected chi connectivity index (χ2v) is 4.02. The van der Waals surface area contributed by atoms with Gasteiger partial charge in [-0.2, -0.15) is 0 Å². The minimum atomic E-state index is -1.48. The molecule has 1 rings (SSSR count). The van der Waals surface area contributed by atoms with Gasteiger partial charge in [0.1, 0.15) is 18.0 Å². The fourth-order valence-electron chi connectivity index (χ4n) is 1.81. The molecule has 0 bridgehead atoms. The molecule has 0 spiro atoms. The minimum absolute atomic E-state index is 0.295. The Morgan fingerprint density at radius 3 is 2.56 bits per heavy atom. The van der Waals surface area contributed by atoms with E-state index in [1.165, 1.54) is 0 Å². The number of ether oxygens (including phenoxy) is 1. The molecular formula is C9H15N3O6. The van der Waals surface area contributed by atoms with E-state index in [1.807, 2.05) is 0 Å². The van der Waals surface area contributed by atoms with Crippen LogP contribution < -0.4 is 0 Å². The second kappa shape index (κ2) is 6.64. The van der Waals surface area contributed by atoms with Crippen molar-refractivity contribution in [2.24, 2.45) is 11.0 Å². The van der Waals surface area contributed by atoms with Gasteiger partial charge in [0.05, 0.1) is 19.3 Å². The first kappa shape index (κ1) is 14.8. The number of nitrogens with zero attached hydrogens (tertiary/aromatic N) is 3. The molecule has 1 fully saturated rings. The fraction of sp³-hybridized carbons (Fsp3) is 0.889. The summed E-state index contributed by atoms with van der Waals surface area (Å²) in [5.41, 5.74) is 8.05. The summed E-state index contributed by atoms with van der Waals surface area (Å²) in [6.07, 6.45) is -5.66. The van der Waals surface area contributed by atoms with Crippen LogP contribution in [0.15, 0.2) is 5.11 Å². The number of aliphatic hydroxyl groups excluding tert-OH is 4. The largest absolute Gasteiger partial charge is 0.394 e.